The fourth-order valence-corrected chi connectivity index (χ4v) is 1.28. The molecule has 1 atom stereocenters. The average Bonchev–Trinajstić information content (AvgIpc) is 2.19. The Balaban J connectivity index is 2.44. The molecule has 0 amide bonds. The SMILES string of the molecule is CCOC(=O)C(C)=CC1CNCCO1. The summed E-state index contributed by atoms with van der Waals surface area (Å²) in [5.41, 5.74) is 0.612. The van der Waals surface area contributed by atoms with E-state index in [0.717, 1.165) is 13.1 Å². The summed E-state index contributed by atoms with van der Waals surface area (Å²) in [6.45, 7) is 6.28. The van der Waals surface area contributed by atoms with Crippen LogP contribution >= 0.6 is 0 Å². The second kappa shape index (κ2) is 5.78. The summed E-state index contributed by atoms with van der Waals surface area (Å²) >= 11 is 0. The molecule has 80 valence electrons. The minimum atomic E-state index is -0.262. The molecule has 0 radical (unpaired) electrons. The van der Waals surface area contributed by atoms with Crippen molar-refractivity contribution >= 4 is 5.97 Å². The monoisotopic (exact) mass is 199 g/mol. The molecule has 0 bridgehead atoms. The summed E-state index contributed by atoms with van der Waals surface area (Å²) in [6.07, 6.45) is 1.80. The molecule has 4 nitrogen and oxygen atoms in total. The van der Waals surface area contributed by atoms with Crippen LogP contribution in [0, 0.1) is 0 Å². The third-order valence-corrected chi connectivity index (χ3v) is 1.99. The minimum absolute atomic E-state index is 0.00634. The van der Waals surface area contributed by atoms with Crippen LogP contribution in [0.2, 0.25) is 0 Å². The third kappa shape index (κ3) is 3.47. The molecule has 0 saturated carbocycles. The van der Waals surface area contributed by atoms with Gasteiger partial charge in [-0.1, -0.05) is 0 Å². The number of carbonyl (C=O) groups is 1. The van der Waals surface area contributed by atoms with E-state index < -0.39 is 0 Å². The first-order valence-electron chi connectivity index (χ1n) is 4.92. The van der Waals surface area contributed by atoms with E-state index in [2.05, 4.69) is 5.32 Å². The van der Waals surface area contributed by atoms with Crippen molar-refractivity contribution < 1.29 is 14.3 Å². The Labute approximate surface area is 84.3 Å². The van der Waals surface area contributed by atoms with E-state index in [-0.39, 0.29) is 12.1 Å². The number of hydrogen-bond acceptors (Lipinski definition) is 4. The third-order valence-electron chi connectivity index (χ3n) is 1.99. The van der Waals surface area contributed by atoms with Gasteiger partial charge in [0.05, 0.1) is 19.3 Å². The lowest BCUT2D eigenvalue weighted by molar-refractivity contribution is -0.138. The molecule has 1 rings (SSSR count). The zero-order valence-corrected chi connectivity index (χ0v) is 8.71. The van der Waals surface area contributed by atoms with E-state index in [1.807, 2.05) is 6.08 Å². The fourth-order valence-electron chi connectivity index (χ4n) is 1.28. The average molecular weight is 199 g/mol. The molecular formula is C10H17NO3. The van der Waals surface area contributed by atoms with Gasteiger partial charge in [0.25, 0.3) is 0 Å². The lowest BCUT2D eigenvalue weighted by Crippen LogP contribution is -2.37. The highest BCUT2D eigenvalue weighted by molar-refractivity contribution is 5.87. The Morgan fingerprint density at radius 3 is 3.07 bits per heavy atom. The van der Waals surface area contributed by atoms with Crippen LogP contribution in [-0.4, -0.2) is 38.4 Å². The molecule has 1 N–H and O–H groups in total. The van der Waals surface area contributed by atoms with Crippen LogP contribution < -0.4 is 5.32 Å². The molecule has 0 aliphatic carbocycles. The van der Waals surface area contributed by atoms with Gasteiger partial charge in [0.1, 0.15) is 0 Å². The Hall–Kier alpha value is -0.870. The molecule has 0 aromatic heterocycles. The van der Waals surface area contributed by atoms with Gasteiger partial charge in [-0.05, 0) is 19.9 Å². The van der Waals surface area contributed by atoms with Crippen LogP contribution in [0.1, 0.15) is 13.8 Å². The minimum Gasteiger partial charge on any atom is -0.463 e. The van der Waals surface area contributed by atoms with Gasteiger partial charge in [-0.15, -0.1) is 0 Å². The van der Waals surface area contributed by atoms with Crippen LogP contribution in [0.25, 0.3) is 0 Å². The first kappa shape index (κ1) is 11.2. The Bertz CT molecular complexity index is 219. The van der Waals surface area contributed by atoms with E-state index in [4.69, 9.17) is 9.47 Å². The predicted octanol–water partition coefficient (Wildman–Crippen LogP) is 0.484. The summed E-state index contributed by atoms with van der Waals surface area (Å²) in [4.78, 5) is 11.3. The van der Waals surface area contributed by atoms with E-state index in [1.54, 1.807) is 13.8 Å². The molecule has 1 unspecified atom stereocenters. The predicted molar refractivity (Wildman–Crippen MR) is 53.0 cm³/mol. The van der Waals surface area contributed by atoms with Crippen molar-refractivity contribution in [2.24, 2.45) is 0 Å². The highest BCUT2D eigenvalue weighted by Gasteiger charge is 2.13. The van der Waals surface area contributed by atoms with Gasteiger partial charge in [-0.25, -0.2) is 4.79 Å². The van der Waals surface area contributed by atoms with Crippen molar-refractivity contribution in [3.8, 4) is 0 Å². The van der Waals surface area contributed by atoms with E-state index >= 15 is 0 Å². The highest BCUT2D eigenvalue weighted by Crippen LogP contribution is 2.04. The van der Waals surface area contributed by atoms with E-state index in [1.165, 1.54) is 0 Å². The molecule has 0 spiro atoms. The normalized spacial score (nSPS) is 23.3. The molecule has 1 heterocycles. The number of rotatable bonds is 3. The maximum Gasteiger partial charge on any atom is 0.333 e. The van der Waals surface area contributed by atoms with Crippen molar-refractivity contribution in [3.63, 3.8) is 0 Å². The second-order valence-electron chi connectivity index (χ2n) is 3.18. The van der Waals surface area contributed by atoms with Gasteiger partial charge in [0, 0.05) is 18.7 Å². The molecular weight excluding hydrogens is 182 g/mol. The molecule has 0 aromatic carbocycles. The topological polar surface area (TPSA) is 47.6 Å². The number of carbonyl (C=O) groups excluding carboxylic acids is 1. The number of esters is 1. The summed E-state index contributed by atoms with van der Waals surface area (Å²) in [5.74, 6) is -0.262. The van der Waals surface area contributed by atoms with Crippen molar-refractivity contribution in [1.82, 2.24) is 5.32 Å². The van der Waals surface area contributed by atoms with E-state index in [0.29, 0.717) is 18.8 Å². The Kier molecular flexibility index (Phi) is 4.62. The second-order valence-corrected chi connectivity index (χ2v) is 3.18. The van der Waals surface area contributed by atoms with Crippen LogP contribution in [0.4, 0.5) is 0 Å². The number of ether oxygens (including phenoxy) is 2. The van der Waals surface area contributed by atoms with Gasteiger partial charge in [0.15, 0.2) is 0 Å². The van der Waals surface area contributed by atoms with Crippen LogP contribution in [0.15, 0.2) is 11.6 Å². The summed E-state index contributed by atoms with van der Waals surface area (Å²) in [5, 5.41) is 3.19. The van der Waals surface area contributed by atoms with Gasteiger partial charge in [-0.3, -0.25) is 0 Å². The van der Waals surface area contributed by atoms with Crippen LogP contribution in [0.3, 0.4) is 0 Å². The highest BCUT2D eigenvalue weighted by atomic mass is 16.5. The van der Waals surface area contributed by atoms with Crippen LogP contribution in [-0.2, 0) is 14.3 Å². The quantitative estimate of drug-likeness (QED) is 0.530. The number of hydrogen-bond donors (Lipinski definition) is 1. The summed E-state index contributed by atoms with van der Waals surface area (Å²) in [6, 6.07) is 0. The largest absolute Gasteiger partial charge is 0.463 e. The van der Waals surface area contributed by atoms with Gasteiger partial charge >= 0.3 is 5.97 Å². The molecule has 1 aliphatic heterocycles. The first-order valence-corrected chi connectivity index (χ1v) is 4.92. The molecule has 0 aromatic rings. The number of morpholine rings is 1. The van der Waals surface area contributed by atoms with Gasteiger partial charge < -0.3 is 14.8 Å². The lowest BCUT2D eigenvalue weighted by Gasteiger charge is -2.21. The maximum absolute atomic E-state index is 11.3. The van der Waals surface area contributed by atoms with Crippen molar-refractivity contribution in [1.29, 1.82) is 0 Å². The van der Waals surface area contributed by atoms with Gasteiger partial charge in [-0.2, -0.15) is 0 Å². The van der Waals surface area contributed by atoms with E-state index in [9.17, 15) is 4.79 Å². The van der Waals surface area contributed by atoms with Crippen molar-refractivity contribution in [2.45, 2.75) is 20.0 Å². The first-order chi connectivity index (χ1) is 6.74. The Morgan fingerprint density at radius 2 is 2.50 bits per heavy atom. The Morgan fingerprint density at radius 1 is 1.71 bits per heavy atom. The van der Waals surface area contributed by atoms with Crippen molar-refractivity contribution in [2.75, 3.05) is 26.3 Å². The van der Waals surface area contributed by atoms with Crippen LogP contribution in [0.5, 0.6) is 0 Å². The molecule has 1 aliphatic rings. The lowest BCUT2D eigenvalue weighted by atomic mass is 10.2. The zero-order chi connectivity index (χ0) is 10.4. The molecule has 14 heavy (non-hydrogen) atoms. The maximum atomic E-state index is 11.3. The zero-order valence-electron chi connectivity index (χ0n) is 8.71. The number of nitrogens with one attached hydrogen (secondary N) is 1. The molecule has 1 fully saturated rings. The molecule has 4 heteroatoms. The summed E-state index contributed by atoms with van der Waals surface area (Å²) in [7, 11) is 0. The fraction of sp³-hybridized carbons (Fsp3) is 0.700. The van der Waals surface area contributed by atoms with Gasteiger partial charge in [0.2, 0.25) is 0 Å². The standard InChI is InChI=1S/C10H17NO3/c1-3-13-10(12)8(2)6-9-7-11-4-5-14-9/h6,9,11H,3-5,7H2,1-2H3. The summed E-state index contributed by atoms with van der Waals surface area (Å²) < 4.78 is 10.3. The van der Waals surface area contributed by atoms with Crippen molar-refractivity contribution in [3.05, 3.63) is 11.6 Å². The molecule has 1 saturated heterocycles. The smallest absolute Gasteiger partial charge is 0.333 e.